The highest BCUT2D eigenvalue weighted by Crippen LogP contribution is 2.09. The number of hydrogen-bond acceptors (Lipinski definition) is 3. The Labute approximate surface area is 91.8 Å². The minimum atomic E-state index is 0.0755. The molecule has 5 heteroatoms. The normalized spacial score (nSPS) is 11.1. The summed E-state index contributed by atoms with van der Waals surface area (Å²) in [5.41, 5.74) is 1.06. The number of hydrogen-bond donors (Lipinski definition) is 0. The largest absolute Gasteiger partial charge is 0.330 e. The zero-order valence-corrected chi connectivity index (χ0v) is 9.57. The van der Waals surface area contributed by atoms with Crippen LogP contribution in [-0.4, -0.2) is 14.1 Å². The molecule has 2 heterocycles. The third-order valence-electron chi connectivity index (χ3n) is 2.28. The van der Waals surface area contributed by atoms with Gasteiger partial charge in [0.05, 0.1) is 18.6 Å². The first-order chi connectivity index (χ1) is 7.18. The van der Waals surface area contributed by atoms with Crippen LogP contribution in [0.1, 0.15) is 25.6 Å². The van der Waals surface area contributed by atoms with E-state index in [4.69, 9.17) is 0 Å². The van der Waals surface area contributed by atoms with Crippen LogP contribution >= 0.6 is 11.3 Å². The minimum absolute atomic E-state index is 0.0755. The molecular formula is C10H13N3OS. The Morgan fingerprint density at radius 1 is 1.53 bits per heavy atom. The predicted octanol–water partition coefficient (Wildman–Crippen LogP) is 1.74. The minimum Gasteiger partial charge on any atom is -0.330 e. The van der Waals surface area contributed by atoms with Crippen LogP contribution < -0.4 is 4.87 Å². The van der Waals surface area contributed by atoms with Crippen molar-refractivity contribution < 1.29 is 0 Å². The zero-order chi connectivity index (χ0) is 10.8. The van der Waals surface area contributed by atoms with Crippen LogP contribution in [0.5, 0.6) is 0 Å². The van der Waals surface area contributed by atoms with Gasteiger partial charge in [0, 0.05) is 23.8 Å². The maximum absolute atomic E-state index is 11.4. The second-order valence-electron chi connectivity index (χ2n) is 3.68. The summed E-state index contributed by atoms with van der Waals surface area (Å²) in [6, 6.07) is 0.372. The Bertz CT molecular complexity index is 494. The Balaban J connectivity index is 2.29. The van der Waals surface area contributed by atoms with Gasteiger partial charge in [-0.3, -0.25) is 9.36 Å². The van der Waals surface area contributed by atoms with Crippen molar-refractivity contribution in [3.63, 3.8) is 0 Å². The topological polar surface area (TPSA) is 39.8 Å². The fourth-order valence-corrected chi connectivity index (χ4v) is 2.09. The summed E-state index contributed by atoms with van der Waals surface area (Å²) in [6.45, 7) is 4.80. The lowest BCUT2D eigenvalue weighted by atomic mass is 10.3. The van der Waals surface area contributed by atoms with Crippen molar-refractivity contribution in [1.82, 2.24) is 14.1 Å². The summed E-state index contributed by atoms with van der Waals surface area (Å²) in [5, 5.41) is 1.80. The van der Waals surface area contributed by atoms with Crippen LogP contribution in [-0.2, 0) is 6.54 Å². The van der Waals surface area contributed by atoms with E-state index in [-0.39, 0.29) is 4.87 Å². The highest BCUT2D eigenvalue weighted by molar-refractivity contribution is 7.07. The van der Waals surface area contributed by atoms with E-state index in [9.17, 15) is 4.79 Å². The first-order valence-corrected chi connectivity index (χ1v) is 5.71. The molecule has 2 aromatic rings. The highest BCUT2D eigenvalue weighted by Gasteiger charge is 2.06. The lowest BCUT2D eigenvalue weighted by Crippen LogP contribution is -2.15. The lowest BCUT2D eigenvalue weighted by Gasteiger charge is -2.11. The maximum Gasteiger partial charge on any atom is 0.307 e. The van der Waals surface area contributed by atoms with Crippen molar-refractivity contribution in [2.45, 2.75) is 26.4 Å². The third-order valence-corrected chi connectivity index (χ3v) is 2.97. The molecule has 80 valence electrons. The summed E-state index contributed by atoms with van der Waals surface area (Å²) in [7, 11) is 0. The van der Waals surface area contributed by atoms with Gasteiger partial charge in [0.1, 0.15) is 0 Å². The van der Waals surface area contributed by atoms with E-state index in [1.54, 1.807) is 16.3 Å². The van der Waals surface area contributed by atoms with E-state index in [0.717, 1.165) is 5.69 Å². The second kappa shape index (κ2) is 4.02. The van der Waals surface area contributed by atoms with Gasteiger partial charge >= 0.3 is 4.87 Å². The van der Waals surface area contributed by atoms with Gasteiger partial charge in [-0.2, -0.15) is 0 Å². The summed E-state index contributed by atoms with van der Waals surface area (Å²) < 4.78 is 3.77. The van der Waals surface area contributed by atoms with Crippen molar-refractivity contribution in [3.8, 4) is 0 Å². The lowest BCUT2D eigenvalue weighted by molar-refractivity contribution is 0.560. The molecule has 0 aliphatic carbocycles. The Morgan fingerprint density at radius 3 is 2.93 bits per heavy atom. The van der Waals surface area contributed by atoms with Crippen molar-refractivity contribution >= 4 is 11.3 Å². The zero-order valence-electron chi connectivity index (χ0n) is 8.75. The fraction of sp³-hybridized carbons (Fsp3) is 0.400. The Morgan fingerprint density at radius 2 is 2.33 bits per heavy atom. The van der Waals surface area contributed by atoms with Crippen molar-refractivity contribution in [3.05, 3.63) is 39.5 Å². The first kappa shape index (κ1) is 10.2. The van der Waals surface area contributed by atoms with Gasteiger partial charge in [0.15, 0.2) is 0 Å². The molecule has 0 spiro atoms. The summed E-state index contributed by atoms with van der Waals surface area (Å²) in [5.74, 6) is 0. The summed E-state index contributed by atoms with van der Waals surface area (Å²) in [6.07, 6.45) is 5.42. The molecule has 15 heavy (non-hydrogen) atoms. The SMILES string of the molecule is CC(C)n1cncc1Cn1ccsc1=O. The molecular weight excluding hydrogens is 210 g/mol. The van der Waals surface area contributed by atoms with Gasteiger partial charge < -0.3 is 4.57 Å². The van der Waals surface area contributed by atoms with E-state index < -0.39 is 0 Å². The molecule has 2 aromatic heterocycles. The molecule has 0 saturated carbocycles. The molecule has 0 unspecified atom stereocenters. The van der Waals surface area contributed by atoms with Crippen molar-refractivity contribution in [2.24, 2.45) is 0 Å². The highest BCUT2D eigenvalue weighted by atomic mass is 32.1. The van der Waals surface area contributed by atoms with Gasteiger partial charge in [-0.05, 0) is 13.8 Å². The number of nitrogens with zero attached hydrogens (tertiary/aromatic N) is 3. The van der Waals surface area contributed by atoms with E-state index in [1.165, 1.54) is 11.3 Å². The smallest absolute Gasteiger partial charge is 0.307 e. The molecule has 0 bridgehead atoms. The maximum atomic E-state index is 11.4. The molecule has 0 aliphatic rings. The van der Waals surface area contributed by atoms with Crippen molar-refractivity contribution in [1.29, 1.82) is 0 Å². The van der Waals surface area contributed by atoms with E-state index in [2.05, 4.69) is 23.4 Å². The van der Waals surface area contributed by atoms with Gasteiger partial charge in [0.2, 0.25) is 0 Å². The van der Waals surface area contributed by atoms with Crippen LogP contribution in [0.15, 0.2) is 28.9 Å². The quantitative estimate of drug-likeness (QED) is 0.795. The summed E-state index contributed by atoms with van der Waals surface area (Å²) >= 11 is 1.22. The molecule has 0 atom stereocenters. The average molecular weight is 223 g/mol. The van der Waals surface area contributed by atoms with Crippen LogP contribution in [0.3, 0.4) is 0 Å². The monoisotopic (exact) mass is 223 g/mol. The average Bonchev–Trinajstić information content (AvgIpc) is 2.77. The second-order valence-corrected chi connectivity index (χ2v) is 4.54. The van der Waals surface area contributed by atoms with E-state index >= 15 is 0 Å². The number of imidazole rings is 1. The van der Waals surface area contributed by atoms with Crippen LogP contribution in [0.25, 0.3) is 0 Å². The molecule has 0 aliphatic heterocycles. The number of thiazole rings is 1. The molecule has 0 fully saturated rings. The van der Waals surface area contributed by atoms with Crippen LogP contribution in [0, 0.1) is 0 Å². The Hall–Kier alpha value is -1.36. The number of aromatic nitrogens is 3. The Kier molecular flexibility index (Phi) is 2.73. The molecule has 4 nitrogen and oxygen atoms in total. The van der Waals surface area contributed by atoms with E-state index in [0.29, 0.717) is 12.6 Å². The van der Waals surface area contributed by atoms with Crippen LogP contribution in [0.4, 0.5) is 0 Å². The van der Waals surface area contributed by atoms with Crippen molar-refractivity contribution in [2.75, 3.05) is 0 Å². The molecule has 2 rings (SSSR count). The van der Waals surface area contributed by atoms with Crippen LogP contribution in [0.2, 0.25) is 0 Å². The third kappa shape index (κ3) is 2.02. The molecule has 0 aromatic carbocycles. The van der Waals surface area contributed by atoms with Gasteiger partial charge in [0.25, 0.3) is 0 Å². The van der Waals surface area contributed by atoms with Gasteiger partial charge in [-0.1, -0.05) is 11.3 Å². The molecule has 0 amide bonds. The number of rotatable bonds is 3. The standard InChI is InChI=1S/C10H13N3OS/c1-8(2)13-7-11-5-9(13)6-12-3-4-15-10(12)14/h3-5,7-8H,6H2,1-2H3. The summed E-state index contributed by atoms with van der Waals surface area (Å²) in [4.78, 5) is 15.6. The molecule has 0 saturated heterocycles. The van der Waals surface area contributed by atoms with Gasteiger partial charge in [-0.15, -0.1) is 0 Å². The fourth-order valence-electron chi connectivity index (χ4n) is 1.50. The molecule has 0 N–H and O–H groups in total. The predicted molar refractivity (Wildman–Crippen MR) is 60.3 cm³/mol. The molecule has 0 radical (unpaired) electrons. The van der Waals surface area contributed by atoms with Gasteiger partial charge in [-0.25, -0.2) is 4.98 Å². The van der Waals surface area contributed by atoms with E-state index in [1.807, 2.05) is 12.4 Å². The first-order valence-electron chi connectivity index (χ1n) is 4.83.